The highest BCUT2D eigenvalue weighted by Crippen LogP contribution is 2.27. The van der Waals surface area contributed by atoms with Crippen LogP contribution in [0.4, 0.5) is 5.69 Å². The van der Waals surface area contributed by atoms with Gasteiger partial charge in [0, 0.05) is 22.6 Å². The molecule has 39 heavy (non-hydrogen) atoms. The average Bonchev–Trinajstić information content (AvgIpc) is 2.89. The van der Waals surface area contributed by atoms with Gasteiger partial charge in [0.25, 0.3) is 10.0 Å². The minimum absolute atomic E-state index is 0.0395. The zero-order valence-corrected chi connectivity index (χ0v) is 25.1. The Morgan fingerprint density at radius 3 is 2.26 bits per heavy atom. The van der Waals surface area contributed by atoms with Crippen LogP contribution in [0.1, 0.15) is 33.3 Å². The van der Waals surface area contributed by atoms with Crippen LogP contribution in [0.25, 0.3) is 0 Å². The second-order valence-electron chi connectivity index (χ2n) is 10.1. The Labute approximate surface area is 239 Å². The summed E-state index contributed by atoms with van der Waals surface area (Å²) in [7, 11) is -2.66. The number of nitrogens with one attached hydrogen (secondary N) is 1. The molecule has 8 nitrogen and oxygen atoms in total. The van der Waals surface area contributed by atoms with Crippen molar-refractivity contribution in [2.75, 3.05) is 18.0 Å². The molecule has 3 aromatic rings. The monoisotopic (exact) mass is 615 g/mol. The lowest BCUT2D eigenvalue weighted by Crippen LogP contribution is -2.54. The van der Waals surface area contributed by atoms with Crippen LogP contribution >= 0.6 is 15.9 Å². The molecule has 0 fully saturated rings. The topological polar surface area (TPSA) is 96.0 Å². The lowest BCUT2D eigenvalue weighted by molar-refractivity contribution is -0.140. The molecule has 0 spiro atoms. The van der Waals surface area contributed by atoms with Crippen LogP contribution in [0.2, 0.25) is 0 Å². The van der Waals surface area contributed by atoms with Gasteiger partial charge in [0.15, 0.2) is 0 Å². The highest BCUT2D eigenvalue weighted by molar-refractivity contribution is 9.10. The van der Waals surface area contributed by atoms with Crippen LogP contribution in [0, 0.1) is 0 Å². The summed E-state index contributed by atoms with van der Waals surface area (Å²) in [5.41, 5.74) is 0.534. The molecule has 0 saturated heterocycles. The first-order valence-electron chi connectivity index (χ1n) is 12.4. The number of carbonyl (C=O) groups excluding carboxylic acids is 2. The largest absolute Gasteiger partial charge is 0.497 e. The van der Waals surface area contributed by atoms with Crippen LogP contribution in [0.3, 0.4) is 0 Å². The van der Waals surface area contributed by atoms with Gasteiger partial charge in [-0.3, -0.25) is 13.9 Å². The SMILES string of the molecule is COc1cccc(N(CC(=O)N(Cc2cccc(Br)c2)[C@H](C)C(=O)NC(C)(C)C)S(=O)(=O)c2ccccc2)c1. The molecule has 2 amide bonds. The molecule has 0 aromatic heterocycles. The molecule has 1 atom stereocenters. The number of sulfonamides is 1. The van der Waals surface area contributed by atoms with E-state index >= 15 is 0 Å². The summed E-state index contributed by atoms with van der Waals surface area (Å²) >= 11 is 3.45. The zero-order valence-electron chi connectivity index (χ0n) is 22.7. The van der Waals surface area contributed by atoms with Crippen molar-refractivity contribution in [2.24, 2.45) is 0 Å². The Kier molecular flexibility index (Phi) is 9.79. The smallest absolute Gasteiger partial charge is 0.264 e. The molecule has 3 rings (SSSR count). The Bertz CT molecular complexity index is 1410. The Hall–Kier alpha value is -3.37. The maximum atomic E-state index is 14.0. The summed E-state index contributed by atoms with van der Waals surface area (Å²) in [6.07, 6.45) is 0. The van der Waals surface area contributed by atoms with Crippen molar-refractivity contribution in [1.29, 1.82) is 0 Å². The van der Waals surface area contributed by atoms with E-state index in [2.05, 4.69) is 21.2 Å². The molecule has 1 N–H and O–H groups in total. The van der Waals surface area contributed by atoms with E-state index < -0.39 is 34.1 Å². The van der Waals surface area contributed by atoms with Gasteiger partial charge in [0.2, 0.25) is 11.8 Å². The van der Waals surface area contributed by atoms with Crippen molar-refractivity contribution in [3.63, 3.8) is 0 Å². The van der Waals surface area contributed by atoms with Gasteiger partial charge in [-0.1, -0.05) is 52.3 Å². The number of carbonyl (C=O) groups is 2. The molecular weight excluding hydrogens is 582 g/mol. The number of benzene rings is 3. The van der Waals surface area contributed by atoms with E-state index in [4.69, 9.17) is 4.74 Å². The first-order chi connectivity index (χ1) is 18.3. The molecular formula is C29H34BrN3O5S. The van der Waals surface area contributed by atoms with Gasteiger partial charge >= 0.3 is 0 Å². The number of hydrogen-bond donors (Lipinski definition) is 1. The fourth-order valence-electron chi connectivity index (χ4n) is 3.90. The van der Waals surface area contributed by atoms with Crippen molar-refractivity contribution < 1.29 is 22.7 Å². The second kappa shape index (κ2) is 12.7. The fraction of sp³-hybridized carbons (Fsp3) is 0.310. The van der Waals surface area contributed by atoms with Crippen LogP contribution in [-0.4, -0.2) is 50.4 Å². The fourth-order valence-corrected chi connectivity index (χ4v) is 5.78. The van der Waals surface area contributed by atoms with Crippen molar-refractivity contribution in [3.05, 3.63) is 88.9 Å². The van der Waals surface area contributed by atoms with Gasteiger partial charge in [-0.2, -0.15) is 0 Å². The highest BCUT2D eigenvalue weighted by Gasteiger charge is 2.33. The molecule has 0 heterocycles. The molecule has 0 aliphatic rings. The third-order valence-corrected chi connectivity index (χ3v) is 8.14. The summed E-state index contributed by atoms with van der Waals surface area (Å²) in [4.78, 5) is 28.6. The predicted molar refractivity (Wildman–Crippen MR) is 156 cm³/mol. The number of halogens is 1. The standard InChI is InChI=1S/C29H34BrN3O5S/c1-21(28(35)31-29(2,3)4)32(19-22-11-9-12-23(30)17-22)27(34)20-33(24-13-10-14-25(18-24)38-5)39(36,37)26-15-7-6-8-16-26/h6-18,21H,19-20H2,1-5H3,(H,31,35)/t21-/m1/s1. The Morgan fingerprint density at radius 2 is 1.64 bits per heavy atom. The minimum atomic E-state index is -4.14. The van der Waals surface area contributed by atoms with Gasteiger partial charge < -0.3 is 15.0 Å². The van der Waals surface area contributed by atoms with Crippen molar-refractivity contribution in [1.82, 2.24) is 10.2 Å². The highest BCUT2D eigenvalue weighted by atomic mass is 79.9. The first kappa shape index (κ1) is 30.2. The number of nitrogens with zero attached hydrogens (tertiary/aromatic N) is 2. The number of methoxy groups -OCH3 is 1. The number of hydrogen-bond acceptors (Lipinski definition) is 5. The Balaban J connectivity index is 2.05. The zero-order chi connectivity index (χ0) is 28.8. The normalized spacial score (nSPS) is 12.4. The van der Waals surface area contributed by atoms with E-state index in [0.29, 0.717) is 5.75 Å². The number of anilines is 1. The summed E-state index contributed by atoms with van der Waals surface area (Å²) < 4.78 is 34.8. The van der Waals surface area contributed by atoms with E-state index in [1.165, 1.54) is 24.1 Å². The van der Waals surface area contributed by atoms with Gasteiger partial charge in [-0.15, -0.1) is 0 Å². The van der Waals surface area contributed by atoms with Gasteiger partial charge in [-0.25, -0.2) is 8.42 Å². The van der Waals surface area contributed by atoms with Crippen LogP contribution in [-0.2, 0) is 26.2 Å². The summed E-state index contributed by atoms with van der Waals surface area (Å²) in [6, 6.07) is 21.0. The first-order valence-corrected chi connectivity index (χ1v) is 14.6. The summed E-state index contributed by atoms with van der Waals surface area (Å²) in [5, 5.41) is 2.92. The molecule has 10 heteroatoms. The molecule has 3 aromatic carbocycles. The lowest BCUT2D eigenvalue weighted by atomic mass is 10.1. The number of amides is 2. The van der Waals surface area contributed by atoms with E-state index in [-0.39, 0.29) is 23.0 Å². The lowest BCUT2D eigenvalue weighted by Gasteiger charge is -2.33. The van der Waals surface area contributed by atoms with Crippen molar-refractivity contribution in [3.8, 4) is 5.75 Å². The molecule has 208 valence electrons. The molecule has 0 aliphatic carbocycles. The van der Waals surface area contributed by atoms with Crippen molar-refractivity contribution >= 4 is 43.5 Å². The van der Waals surface area contributed by atoms with Crippen LogP contribution < -0.4 is 14.4 Å². The van der Waals surface area contributed by atoms with Crippen LogP contribution in [0.15, 0.2) is 88.2 Å². The average molecular weight is 617 g/mol. The second-order valence-corrected chi connectivity index (χ2v) is 12.9. The molecule has 0 unspecified atom stereocenters. The molecule has 0 radical (unpaired) electrons. The van der Waals surface area contributed by atoms with Crippen LogP contribution in [0.5, 0.6) is 5.75 Å². The predicted octanol–water partition coefficient (Wildman–Crippen LogP) is 4.99. The van der Waals surface area contributed by atoms with Crippen molar-refractivity contribution in [2.45, 2.75) is 50.7 Å². The van der Waals surface area contributed by atoms with E-state index in [1.54, 1.807) is 49.4 Å². The van der Waals surface area contributed by atoms with Gasteiger partial charge in [0.1, 0.15) is 18.3 Å². The minimum Gasteiger partial charge on any atom is -0.497 e. The quantitative estimate of drug-likeness (QED) is 0.347. The summed E-state index contributed by atoms with van der Waals surface area (Å²) in [6.45, 7) is 6.79. The van der Waals surface area contributed by atoms with E-state index in [1.807, 2.05) is 45.0 Å². The summed E-state index contributed by atoms with van der Waals surface area (Å²) in [5.74, 6) is -0.435. The molecule has 0 saturated carbocycles. The maximum Gasteiger partial charge on any atom is 0.264 e. The molecule has 0 bridgehead atoms. The van der Waals surface area contributed by atoms with Gasteiger partial charge in [0.05, 0.1) is 17.7 Å². The maximum absolute atomic E-state index is 14.0. The third kappa shape index (κ3) is 8.06. The van der Waals surface area contributed by atoms with E-state index in [9.17, 15) is 18.0 Å². The number of ether oxygens (including phenoxy) is 1. The number of rotatable bonds is 10. The van der Waals surface area contributed by atoms with Gasteiger partial charge in [-0.05, 0) is 69.7 Å². The molecule has 0 aliphatic heterocycles. The van der Waals surface area contributed by atoms with E-state index in [0.717, 1.165) is 14.3 Å². The Morgan fingerprint density at radius 1 is 0.974 bits per heavy atom. The third-order valence-electron chi connectivity index (χ3n) is 5.86.